The Morgan fingerprint density at radius 3 is 2.40 bits per heavy atom. The number of nitrogens with one attached hydrogen (secondary N) is 2. The minimum absolute atomic E-state index is 0.408. The quantitative estimate of drug-likeness (QED) is 0.517. The molecule has 0 radical (unpaired) electrons. The van der Waals surface area contributed by atoms with Crippen molar-refractivity contribution in [2.24, 2.45) is 0 Å². The van der Waals surface area contributed by atoms with Crippen LogP contribution in [0, 0.1) is 12.3 Å². The number of piperidine rings is 1. The predicted octanol–water partition coefficient (Wildman–Crippen LogP) is 3.20. The number of ether oxygens (including phenoxy) is 2. The van der Waals surface area contributed by atoms with Crippen LogP contribution in [0.25, 0.3) is 0 Å². The minimum atomic E-state index is 0.408. The standard InChI is InChI=1S/C24H31ClN6O2.CH4O/c1-16-27-23(12-24(28-16)31-6-8-32-9-7-31)29-22-11-20(21(25)10-18(22)13-26)17-2-4-30(5-3-17)19-14-33-15-19;1-2/h10-13,17,19,26H,2-9,14-15H2,1H3,(H,27,28,29);2H,1H3. The van der Waals surface area contributed by atoms with Crippen molar-refractivity contribution in [3.63, 3.8) is 0 Å². The van der Waals surface area contributed by atoms with Crippen molar-refractivity contribution >= 4 is 35.1 Å². The minimum Gasteiger partial charge on any atom is -0.400 e. The zero-order valence-corrected chi connectivity index (χ0v) is 21.2. The van der Waals surface area contributed by atoms with Crippen LogP contribution in [0.2, 0.25) is 5.02 Å². The number of aliphatic hydroxyl groups is 1. The zero-order valence-electron chi connectivity index (χ0n) is 20.5. The third-order valence-corrected chi connectivity index (χ3v) is 7.18. The number of aryl methyl sites for hydroxylation is 1. The highest BCUT2D eigenvalue weighted by Crippen LogP contribution is 2.37. The molecular weight excluding hydrogens is 468 g/mol. The van der Waals surface area contributed by atoms with Crippen molar-refractivity contribution in [2.45, 2.75) is 31.7 Å². The number of likely N-dealkylation sites (tertiary alicyclic amines) is 1. The van der Waals surface area contributed by atoms with Gasteiger partial charge < -0.3 is 30.2 Å². The fraction of sp³-hybridized carbons (Fsp3) is 0.560. The number of aliphatic hydroxyl groups excluding tert-OH is 1. The number of nitrogens with zero attached hydrogens (tertiary/aromatic N) is 4. The molecule has 3 saturated heterocycles. The number of aromatic nitrogens is 2. The second kappa shape index (κ2) is 12.1. The lowest BCUT2D eigenvalue weighted by Crippen LogP contribution is -2.51. The lowest BCUT2D eigenvalue weighted by molar-refractivity contribution is -0.0712. The maximum atomic E-state index is 7.91. The molecule has 0 amide bonds. The van der Waals surface area contributed by atoms with E-state index in [1.165, 1.54) is 6.21 Å². The van der Waals surface area contributed by atoms with E-state index in [1.54, 1.807) is 0 Å². The van der Waals surface area contributed by atoms with Crippen LogP contribution in [0.1, 0.15) is 35.7 Å². The molecule has 0 aliphatic carbocycles. The largest absolute Gasteiger partial charge is 0.400 e. The van der Waals surface area contributed by atoms with E-state index in [-0.39, 0.29) is 0 Å². The van der Waals surface area contributed by atoms with Gasteiger partial charge in [-0.1, -0.05) is 11.6 Å². The molecule has 5 rings (SSSR count). The molecule has 0 unspecified atom stereocenters. The second-order valence-electron chi connectivity index (χ2n) is 8.99. The van der Waals surface area contributed by atoms with Gasteiger partial charge in [0, 0.05) is 48.8 Å². The third kappa shape index (κ3) is 6.10. The van der Waals surface area contributed by atoms with Gasteiger partial charge in [0.15, 0.2) is 0 Å². The SMILES string of the molecule is CO.Cc1nc(Nc2cc(C3CCN(C4COC4)CC3)c(Cl)cc2C=N)cc(N2CCOCC2)n1. The maximum absolute atomic E-state index is 7.91. The van der Waals surface area contributed by atoms with Crippen molar-refractivity contribution < 1.29 is 14.6 Å². The van der Waals surface area contributed by atoms with Crippen LogP contribution in [0.15, 0.2) is 18.2 Å². The highest BCUT2D eigenvalue weighted by molar-refractivity contribution is 6.32. The predicted molar refractivity (Wildman–Crippen MR) is 139 cm³/mol. The number of anilines is 3. The molecule has 4 heterocycles. The first kappa shape index (κ1) is 25.8. The van der Waals surface area contributed by atoms with Gasteiger partial charge in [0.1, 0.15) is 17.5 Å². The summed E-state index contributed by atoms with van der Waals surface area (Å²) in [5, 5.41) is 19.1. The van der Waals surface area contributed by atoms with Crippen LogP contribution in [-0.4, -0.2) is 91.9 Å². The van der Waals surface area contributed by atoms with Crippen LogP contribution in [0.3, 0.4) is 0 Å². The summed E-state index contributed by atoms with van der Waals surface area (Å²) in [6.45, 7) is 8.80. The Morgan fingerprint density at radius 2 is 1.77 bits per heavy atom. The molecule has 0 atom stereocenters. The number of hydrogen-bond acceptors (Lipinski definition) is 9. The monoisotopic (exact) mass is 502 g/mol. The highest BCUT2D eigenvalue weighted by Gasteiger charge is 2.31. The Balaban J connectivity index is 0.00000141. The molecule has 0 bridgehead atoms. The average Bonchev–Trinajstić information content (AvgIpc) is 2.86. The molecule has 3 aliphatic heterocycles. The Hall–Kier alpha value is -2.30. The molecule has 3 N–H and O–H groups in total. The molecule has 3 aliphatic rings. The smallest absolute Gasteiger partial charge is 0.136 e. The van der Waals surface area contributed by atoms with E-state index in [9.17, 15) is 0 Å². The summed E-state index contributed by atoms with van der Waals surface area (Å²) in [6.07, 6.45) is 3.49. The molecule has 3 fully saturated rings. The summed E-state index contributed by atoms with van der Waals surface area (Å²) in [5.41, 5.74) is 2.75. The summed E-state index contributed by atoms with van der Waals surface area (Å²) in [6, 6.07) is 6.57. The van der Waals surface area contributed by atoms with Crippen molar-refractivity contribution in [2.75, 3.05) is 69.9 Å². The Bertz CT molecular complexity index is 1000. The number of benzene rings is 1. The van der Waals surface area contributed by atoms with Gasteiger partial charge in [-0.25, -0.2) is 9.97 Å². The molecule has 1 aromatic heterocycles. The molecule has 1 aromatic carbocycles. The first-order chi connectivity index (χ1) is 17.1. The molecule has 2 aromatic rings. The van der Waals surface area contributed by atoms with E-state index in [4.69, 9.17) is 31.6 Å². The highest BCUT2D eigenvalue weighted by atomic mass is 35.5. The van der Waals surface area contributed by atoms with Gasteiger partial charge in [-0.3, -0.25) is 4.90 Å². The van der Waals surface area contributed by atoms with Gasteiger partial charge >= 0.3 is 0 Å². The Kier molecular flexibility index (Phi) is 8.91. The van der Waals surface area contributed by atoms with Gasteiger partial charge in [-0.15, -0.1) is 0 Å². The van der Waals surface area contributed by atoms with Gasteiger partial charge in [0.2, 0.25) is 0 Å². The number of hydrogen-bond donors (Lipinski definition) is 3. The summed E-state index contributed by atoms with van der Waals surface area (Å²) < 4.78 is 10.8. The first-order valence-electron chi connectivity index (χ1n) is 12.2. The fourth-order valence-corrected chi connectivity index (χ4v) is 5.19. The molecule has 9 nitrogen and oxygen atoms in total. The lowest BCUT2D eigenvalue weighted by Gasteiger charge is -2.41. The van der Waals surface area contributed by atoms with Crippen molar-refractivity contribution in [3.05, 3.63) is 40.2 Å². The summed E-state index contributed by atoms with van der Waals surface area (Å²) >= 11 is 6.70. The van der Waals surface area contributed by atoms with Crippen LogP contribution < -0.4 is 10.2 Å². The van der Waals surface area contributed by atoms with E-state index < -0.39 is 0 Å². The summed E-state index contributed by atoms with van der Waals surface area (Å²) in [4.78, 5) is 14.0. The topological polar surface area (TPSA) is 107 Å². The van der Waals surface area contributed by atoms with Crippen molar-refractivity contribution in [1.29, 1.82) is 5.41 Å². The molecule has 0 saturated carbocycles. The van der Waals surface area contributed by atoms with Crippen molar-refractivity contribution in [1.82, 2.24) is 14.9 Å². The van der Waals surface area contributed by atoms with Gasteiger partial charge in [-0.05, 0) is 56.5 Å². The van der Waals surface area contributed by atoms with E-state index >= 15 is 0 Å². The van der Waals surface area contributed by atoms with E-state index in [0.29, 0.717) is 31.0 Å². The Labute approximate surface area is 211 Å². The summed E-state index contributed by atoms with van der Waals surface area (Å²) in [7, 11) is 1.00. The van der Waals surface area contributed by atoms with E-state index in [0.717, 1.165) is 92.8 Å². The normalized spacial score (nSPS) is 19.5. The maximum Gasteiger partial charge on any atom is 0.136 e. The number of rotatable bonds is 6. The van der Waals surface area contributed by atoms with Crippen LogP contribution in [0.5, 0.6) is 0 Å². The lowest BCUT2D eigenvalue weighted by atomic mass is 9.87. The van der Waals surface area contributed by atoms with E-state index in [1.807, 2.05) is 19.1 Å². The molecule has 190 valence electrons. The van der Waals surface area contributed by atoms with Gasteiger partial charge in [0.25, 0.3) is 0 Å². The van der Waals surface area contributed by atoms with Crippen LogP contribution in [0.4, 0.5) is 17.3 Å². The van der Waals surface area contributed by atoms with E-state index in [2.05, 4.69) is 31.2 Å². The average molecular weight is 503 g/mol. The summed E-state index contributed by atoms with van der Waals surface area (Å²) in [5.74, 6) is 2.73. The van der Waals surface area contributed by atoms with Crippen molar-refractivity contribution in [3.8, 4) is 0 Å². The molecule has 0 spiro atoms. The third-order valence-electron chi connectivity index (χ3n) is 6.85. The Morgan fingerprint density at radius 1 is 1.06 bits per heavy atom. The number of morpholine rings is 1. The van der Waals surface area contributed by atoms with Gasteiger partial charge in [0.05, 0.1) is 32.5 Å². The zero-order chi connectivity index (χ0) is 24.8. The fourth-order valence-electron chi connectivity index (χ4n) is 4.86. The molecule has 35 heavy (non-hydrogen) atoms. The first-order valence-corrected chi connectivity index (χ1v) is 12.5. The van der Waals surface area contributed by atoms with Crippen LogP contribution >= 0.6 is 11.6 Å². The molecule has 10 heteroatoms. The second-order valence-corrected chi connectivity index (χ2v) is 9.40. The van der Waals surface area contributed by atoms with Crippen LogP contribution in [-0.2, 0) is 9.47 Å². The number of halogens is 1. The molecular formula is C25H35ClN6O3. The van der Waals surface area contributed by atoms with Gasteiger partial charge in [-0.2, -0.15) is 0 Å².